The van der Waals surface area contributed by atoms with Crippen LogP contribution in [0.3, 0.4) is 0 Å². The Labute approximate surface area is 137 Å². The van der Waals surface area contributed by atoms with Crippen LogP contribution in [0.25, 0.3) is 6.08 Å². The zero-order valence-corrected chi connectivity index (χ0v) is 13.6. The van der Waals surface area contributed by atoms with Crippen molar-refractivity contribution >= 4 is 46.3 Å². The minimum atomic E-state index is -0.954. The highest BCUT2D eigenvalue weighted by molar-refractivity contribution is 8.26. The van der Waals surface area contributed by atoms with E-state index in [4.69, 9.17) is 22.1 Å². The van der Waals surface area contributed by atoms with Crippen molar-refractivity contribution < 1.29 is 19.4 Å². The molecule has 0 aliphatic carbocycles. The summed E-state index contributed by atoms with van der Waals surface area (Å²) in [7, 11) is 0. The van der Waals surface area contributed by atoms with Crippen molar-refractivity contribution in [1.29, 1.82) is 0 Å². The van der Waals surface area contributed by atoms with Gasteiger partial charge in [-0.2, -0.15) is 0 Å². The zero-order valence-electron chi connectivity index (χ0n) is 11.9. The third-order valence-electron chi connectivity index (χ3n) is 2.91. The van der Waals surface area contributed by atoms with Gasteiger partial charge in [0.2, 0.25) is 0 Å². The second-order valence-corrected chi connectivity index (χ2v) is 6.15. The lowest BCUT2D eigenvalue weighted by atomic mass is 10.2. The van der Waals surface area contributed by atoms with E-state index in [0.717, 1.165) is 11.3 Å². The van der Waals surface area contributed by atoms with Crippen LogP contribution in [0.5, 0.6) is 5.75 Å². The van der Waals surface area contributed by atoms with E-state index in [-0.39, 0.29) is 18.9 Å². The highest BCUT2D eigenvalue weighted by Crippen LogP contribution is 2.32. The Morgan fingerprint density at radius 2 is 2.09 bits per heavy atom. The van der Waals surface area contributed by atoms with Crippen molar-refractivity contribution in [1.82, 2.24) is 4.90 Å². The molecule has 1 aromatic rings. The highest BCUT2D eigenvalue weighted by atomic mass is 32.2. The summed E-state index contributed by atoms with van der Waals surface area (Å²) in [5.74, 6) is -0.427. The summed E-state index contributed by atoms with van der Waals surface area (Å²) in [5.41, 5.74) is 0.863. The molecule has 2 rings (SSSR count). The number of benzene rings is 1. The number of aliphatic carboxylic acids is 1. The smallest absolute Gasteiger partial charge is 0.305 e. The van der Waals surface area contributed by atoms with Gasteiger partial charge in [-0.1, -0.05) is 36.1 Å². The maximum Gasteiger partial charge on any atom is 0.305 e. The molecule has 1 amide bonds. The van der Waals surface area contributed by atoms with Crippen LogP contribution < -0.4 is 4.74 Å². The fraction of sp³-hybridized carbons (Fsp3) is 0.267. The fourth-order valence-electron chi connectivity index (χ4n) is 1.88. The summed E-state index contributed by atoms with van der Waals surface area (Å²) in [4.78, 5) is 24.7. The monoisotopic (exact) mass is 337 g/mol. The first-order valence-corrected chi connectivity index (χ1v) is 7.93. The van der Waals surface area contributed by atoms with Crippen LogP contribution in [0.1, 0.15) is 18.9 Å². The number of hydrogen-bond donors (Lipinski definition) is 1. The van der Waals surface area contributed by atoms with Crippen molar-refractivity contribution in [3.8, 4) is 5.75 Å². The molecule has 0 spiro atoms. The van der Waals surface area contributed by atoms with Gasteiger partial charge in [-0.05, 0) is 30.7 Å². The SMILES string of the molecule is CCOc1ccc(/C=C2/SC(=S)N(CCC(=O)O)C2=O)cc1. The fourth-order valence-corrected chi connectivity index (χ4v) is 3.19. The molecule has 0 unspecified atom stereocenters. The molecule has 0 bridgehead atoms. The summed E-state index contributed by atoms with van der Waals surface area (Å²) in [6, 6.07) is 7.38. The number of rotatable bonds is 6. The number of nitrogens with zero attached hydrogens (tertiary/aromatic N) is 1. The van der Waals surface area contributed by atoms with Gasteiger partial charge in [0.15, 0.2) is 0 Å². The highest BCUT2D eigenvalue weighted by Gasteiger charge is 2.31. The predicted molar refractivity (Wildman–Crippen MR) is 89.7 cm³/mol. The zero-order chi connectivity index (χ0) is 16.1. The molecule has 1 aliphatic heterocycles. The number of thioether (sulfide) groups is 1. The molecule has 1 aliphatic rings. The topological polar surface area (TPSA) is 66.8 Å². The van der Waals surface area contributed by atoms with E-state index >= 15 is 0 Å². The Bertz CT molecular complexity index is 625. The summed E-state index contributed by atoms with van der Waals surface area (Å²) >= 11 is 6.32. The largest absolute Gasteiger partial charge is 0.494 e. The van der Waals surface area contributed by atoms with Gasteiger partial charge in [0, 0.05) is 6.54 Å². The minimum Gasteiger partial charge on any atom is -0.494 e. The molecule has 0 radical (unpaired) electrons. The molecule has 1 N–H and O–H groups in total. The number of thiocarbonyl (C=S) groups is 1. The van der Waals surface area contributed by atoms with Crippen LogP contribution in [-0.2, 0) is 9.59 Å². The molecule has 22 heavy (non-hydrogen) atoms. The van der Waals surface area contributed by atoms with E-state index in [0.29, 0.717) is 15.8 Å². The van der Waals surface area contributed by atoms with E-state index in [2.05, 4.69) is 0 Å². The van der Waals surface area contributed by atoms with Gasteiger partial charge < -0.3 is 9.84 Å². The maximum atomic E-state index is 12.2. The molecule has 116 valence electrons. The average Bonchev–Trinajstić information content (AvgIpc) is 2.73. The van der Waals surface area contributed by atoms with Gasteiger partial charge >= 0.3 is 5.97 Å². The molecule has 1 heterocycles. The standard InChI is InChI=1S/C15H15NO4S2/c1-2-20-11-5-3-10(4-6-11)9-12-14(19)16(15(21)22-12)8-7-13(17)18/h3-6,9H,2,7-8H2,1H3,(H,17,18)/b12-9+. The number of hydrogen-bond acceptors (Lipinski definition) is 5. The number of carbonyl (C=O) groups is 2. The molecule has 0 atom stereocenters. The maximum absolute atomic E-state index is 12.2. The van der Waals surface area contributed by atoms with E-state index < -0.39 is 5.97 Å². The molecule has 1 aromatic carbocycles. The van der Waals surface area contributed by atoms with Crippen molar-refractivity contribution in [2.45, 2.75) is 13.3 Å². The molecule has 0 aromatic heterocycles. The van der Waals surface area contributed by atoms with E-state index in [1.165, 1.54) is 16.7 Å². The van der Waals surface area contributed by atoms with Crippen LogP contribution in [0.2, 0.25) is 0 Å². The molecular weight excluding hydrogens is 322 g/mol. The Hall–Kier alpha value is -1.86. The summed E-state index contributed by atoms with van der Waals surface area (Å²) < 4.78 is 5.76. The number of carboxylic acid groups (broad SMARTS) is 1. The normalized spacial score (nSPS) is 16.4. The van der Waals surface area contributed by atoms with Crippen LogP contribution in [0, 0.1) is 0 Å². The Morgan fingerprint density at radius 1 is 1.41 bits per heavy atom. The van der Waals surface area contributed by atoms with Crippen LogP contribution in [-0.4, -0.2) is 39.4 Å². The van der Waals surface area contributed by atoms with E-state index in [1.54, 1.807) is 6.08 Å². The van der Waals surface area contributed by atoms with Gasteiger partial charge in [-0.3, -0.25) is 14.5 Å². The summed E-state index contributed by atoms with van der Waals surface area (Å²) in [6.45, 7) is 2.61. The van der Waals surface area contributed by atoms with Gasteiger partial charge in [-0.15, -0.1) is 0 Å². The first-order valence-electron chi connectivity index (χ1n) is 6.71. The van der Waals surface area contributed by atoms with Crippen molar-refractivity contribution in [2.75, 3.05) is 13.2 Å². The molecule has 1 fully saturated rings. The second-order valence-electron chi connectivity index (χ2n) is 4.48. The van der Waals surface area contributed by atoms with Gasteiger partial charge in [0.25, 0.3) is 5.91 Å². The molecule has 0 saturated carbocycles. The lowest BCUT2D eigenvalue weighted by Gasteiger charge is -2.12. The van der Waals surface area contributed by atoms with Crippen LogP contribution >= 0.6 is 24.0 Å². The quantitative estimate of drug-likeness (QED) is 0.636. The number of amides is 1. The van der Waals surface area contributed by atoms with Gasteiger partial charge in [0.05, 0.1) is 17.9 Å². The Kier molecular flexibility index (Phi) is 5.57. The Balaban J connectivity index is 2.10. The minimum absolute atomic E-state index is 0.0978. The lowest BCUT2D eigenvalue weighted by molar-refractivity contribution is -0.137. The number of carboxylic acids is 1. The number of ether oxygens (including phenoxy) is 1. The second kappa shape index (κ2) is 7.42. The van der Waals surface area contributed by atoms with E-state index in [9.17, 15) is 9.59 Å². The molecule has 7 heteroatoms. The van der Waals surface area contributed by atoms with Crippen LogP contribution in [0.4, 0.5) is 0 Å². The van der Waals surface area contributed by atoms with Crippen molar-refractivity contribution in [2.24, 2.45) is 0 Å². The molecule has 1 saturated heterocycles. The average molecular weight is 337 g/mol. The summed E-state index contributed by atoms with van der Waals surface area (Å²) in [5, 5.41) is 8.70. The first-order chi connectivity index (χ1) is 10.5. The predicted octanol–water partition coefficient (Wildman–Crippen LogP) is 2.76. The van der Waals surface area contributed by atoms with Crippen LogP contribution in [0.15, 0.2) is 29.2 Å². The Morgan fingerprint density at radius 3 is 2.68 bits per heavy atom. The van der Waals surface area contributed by atoms with Crippen molar-refractivity contribution in [3.05, 3.63) is 34.7 Å². The van der Waals surface area contributed by atoms with Crippen molar-refractivity contribution in [3.63, 3.8) is 0 Å². The third kappa shape index (κ3) is 4.08. The number of carbonyl (C=O) groups excluding carboxylic acids is 1. The summed E-state index contributed by atoms with van der Waals surface area (Å²) in [6.07, 6.45) is 1.62. The third-order valence-corrected chi connectivity index (χ3v) is 4.29. The van der Waals surface area contributed by atoms with Gasteiger partial charge in [-0.25, -0.2) is 0 Å². The molecular formula is C15H15NO4S2. The van der Waals surface area contributed by atoms with E-state index in [1.807, 2.05) is 31.2 Å². The first kappa shape index (κ1) is 16.5. The molecule has 5 nitrogen and oxygen atoms in total. The van der Waals surface area contributed by atoms with Gasteiger partial charge in [0.1, 0.15) is 10.1 Å². The lowest BCUT2D eigenvalue weighted by Crippen LogP contribution is -2.30.